The van der Waals surface area contributed by atoms with E-state index in [-0.39, 0.29) is 18.7 Å². The number of carboxylic acids is 1. The van der Waals surface area contributed by atoms with E-state index in [0.717, 1.165) is 5.56 Å². The molecule has 1 aromatic rings. The number of carboxylic acid groups (broad SMARTS) is 1. The van der Waals surface area contributed by atoms with Crippen molar-refractivity contribution in [1.29, 1.82) is 0 Å². The van der Waals surface area contributed by atoms with Crippen molar-refractivity contribution < 1.29 is 24.2 Å². The van der Waals surface area contributed by atoms with Gasteiger partial charge in [-0.05, 0) is 31.0 Å². The Morgan fingerprint density at radius 3 is 2.67 bits per heavy atom. The van der Waals surface area contributed by atoms with Gasteiger partial charge in [-0.15, -0.1) is 0 Å². The lowest BCUT2D eigenvalue weighted by Crippen LogP contribution is -2.39. The first-order chi connectivity index (χ1) is 10.0. The predicted octanol–water partition coefficient (Wildman–Crippen LogP) is 0.790. The fraction of sp³-hybridized carbons (Fsp3) is 0.357. The summed E-state index contributed by atoms with van der Waals surface area (Å²) in [7, 11) is 0. The number of hydrogen-bond donors (Lipinski definition) is 3. The van der Waals surface area contributed by atoms with Crippen LogP contribution < -0.4 is 10.6 Å². The van der Waals surface area contributed by atoms with E-state index in [1.807, 2.05) is 0 Å². The lowest BCUT2D eigenvalue weighted by Gasteiger charge is -2.07. The first-order valence-electron chi connectivity index (χ1n) is 6.52. The third kappa shape index (κ3) is 6.42. The number of hydrogen-bond acceptors (Lipinski definition) is 4. The summed E-state index contributed by atoms with van der Waals surface area (Å²) in [6.07, 6.45) is 0.494. The predicted molar refractivity (Wildman–Crippen MR) is 75.1 cm³/mol. The van der Waals surface area contributed by atoms with Crippen LogP contribution in [0.2, 0.25) is 0 Å². The molecule has 0 spiro atoms. The number of benzene rings is 1. The van der Waals surface area contributed by atoms with Crippen LogP contribution in [-0.4, -0.2) is 42.8 Å². The van der Waals surface area contributed by atoms with E-state index in [2.05, 4.69) is 15.4 Å². The van der Waals surface area contributed by atoms with Crippen molar-refractivity contribution in [2.45, 2.75) is 13.3 Å². The highest BCUT2D eigenvalue weighted by molar-refractivity contribution is 5.87. The van der Waals surface area contributed by atoms with Gasteiger partial charge in [-0.25, -0.2) is 9.59 Å². The van der Waals surface area contributed by atoms with Crippen molar-refractivity contribution >= 4 is 18.0 Å². The Hall–Kier alpha value is -2.57. The Balaban J connectivity index is 2.30. The van der Waals surface area contributed by atoms with Crippen molar-refractivity contribution in [1.82, 2.24) is 10.6 Å². The number of ether oxygens (including phenoxy) is 1. The van der Waals surface area contributed by atoms with E-state index in [1.165, 1.54) is 6.07 Å². The first-order valence-corrected chi connectivity index (χ1v) is 6.52. The largest absolute Gasteiger partial charge is 0.478 e. The molecule has 0 aromatic heterocycles. The van der Waals surface area contributed by atoms with Gasteiger partial charge in [-0.3, -0.25) is 4.79 Å². The number of carbonyl (C=O) groups is 3. The van der Waals surface area contributed by atoms with Gasteiger partial charge < -0.3 is 20.5 Å². The Bertz CT molecular complexity index is 516. The van der Waals surface area contributed by atoms with Gasteiger partial charge in [-0.1, -0.05) is 12.1 Å². The van der Waals surface area contributed by atoms with Crippen LogP contribution in [0.1, 0.15) is 22.8 Å². The monoisotopic (exact) mass is 294 g/mol. The summed E-state index contributed by atoms with van der Waals surface area (Å²) < 4.78 is 4.66. The Morgan fingerprint density at radius 1 is 1.24 bits per heavy atom. The Morgan fingerprint density at radius 2 is 2.00 bits per heavy atom. The van der Waals surface area contributed by atoms with Crippen LogP contribution in [0.3, 0.4) is 0 Å². The molecule has 0 heterocycles. The van der Waals surface area contributed by atoms with Crippen LogP contribution in [0.4, 0.5) is 4.79 Å². The second-order valence-corrected chi connectivity index (χ2v) is 4.17. The van der Waals surface area contributed by atoms with E-state index >= 15 is 0 Å². The summed E-state index contributed by atoms with van der Waals surface area (Å²) in [4.78, 5) is 33.2. The fourth-order valence-corrected chi connectivity index (χ4v) is 1.61. The maximum atomic E-state index is 11.4. The number of rotatable bonds is 7. The van der Waals surface area contributed by atoms with Crippen molar-refractivity contribution in [2.75, 3.05) is 19.7 Å². The van der Waals surface area contributed by atoms with Crippen LogP contribution in [0.5, 0.6) is 0 Å². The lowest BCUT2D eigenvalue weighted by atomic mass is 10.1. The molecule has 7 heteroatoms. The van der Waals surface area contributed by atoms with Crippen LogP contribution >= 0.6 is 0 Å². The van der Waals surface area contributed by atoms with Crippen molar-refractivity contribution in [3.05, 3.63) is 35.4 Å². The lowest BCUT2D eigenvalue weighted by molar-refractivity contribution is -0.141. The van der Waals surface area contributed by atoms with Crippen LogP contribution in [-0.2, 0) is 16.0 Å². The summed E-state index contributed by atoms with van der Waals surface area (Å²) in [6.45, 7) is 2.09. The highest BCUT2D eigenvalue weighted by Crippen LogP contribution is 2.05. The number of amides is 2. The molecule has 1 rings (SSSR count). The SMILES string of the molecule is CCOC(=O)CNC(=O)NCCc1cccc(C(=O)O)c1. The van der Waals surface area contributed by atoms with Gasteiger partial charge in [0.25, 0.3) is 0 Å². The average molecular weight is 294 g/mol. The van der Waals surface area contributed by atoms with Crippen LogP contribution in [0.15, 0.2) is 24.3 Å². The highest BCUT2D eigenvalue weighted by Gasteiger charge is 2.06. The van der Waals surface area contributed by atoms with Gasteiger partial charge in [0.2, 0.25) is 0 Å². The van der Waals surface area contributed by atoms with Gasteiger partial charge in [0, 0.05) is 6.54 Å². The molecule has 21 heavy (non-hydrogen) atoms. The average Bonchev–Trinajstić information content (AvgIpc) is 2.46. The van der Waals surface area contributed by atoms with Crippen molar-refractivity contribution in [2.24, 2.45) is 0 Å². The number of aromatic carboxylic acids is 1. The molecule has 114 valence electrons. The summed E-state index contributed by atoms with van der Waals surface area (Å²) in [5.41, 5.74) is 1.01. The van der Waals surface area contributed by atoms with E-state index < -0.39 is 18.0 Å². The quantitative estimate of drug-likeness (QED) is 0.645. The van der Waals surface area contributed by atoms with Gasteiger partial charge in [0.1, 0.15) is 6.54 Å². The Labute approximate surface area is 122 Å². The molecule has 0 atom stereocenters. The van der Waals surface area contributed by atoms with E-state index in [0.29, 0.717) is 13.0 Å². The maximum absolute atomic E-state index is 11.4. The zero-order valence-electron chi connectivity index (χ0n) is 11.7. The fourth-order valence-electron chi connectivity index (χ4n) is 1.61. The summed E-state index contributed by atoms with van der Waals surface area (Å²) >= 11 is 0. The molecular weight excluding hydrogens is 276 g/mol. The van der Waals surface area contributed by atoms with Gasteiger partial charge >= 0.3 is 18.0 Å². The van der Waals surface area contributed by atoms with Crippen LogP contribution in [0.25, 0.3) is 0 Å². The van der Waals surface area contributed by atoms with Crippen molar-refractivity contribution in [3.8, 4) is 0 Å². The molecule has 0 radical (unpaired) electrons. The van der Waals surface area contributed by atoms with E-state index in [9.17, 15) is 14.4 Å². The summed E-state index contributed by atoms with van der Waals surface area (Å²) in [5.74, 6) is -1.49. The van der Waals surface area contributed by atoms with Gasteiger partial charge in [0.05, 0.1) is 12.2 Å². The number of nitrogens with one attached hydrogen (secondary N) is 2. The normalized spacial score (nSPS) is 9.76. The maximum Gasteiger partial charge on any atom is 0.335 e. The van der Waals surface area contributed by atoms with E-state index in [4.69, 9.17) is 5.11 Å². The summed E-state index contributed by atoms with van der Waals surface area (Å²) in [5, 5.41) is 13.8. The molecule has 0 aliphatic carbocycles. The molecule has 0 unspecified atom stereocenters. The smallest absolute Gasteiger partial charge is 0.335 e. The van der Waals surface area contributed by atoms with Crippen molar-refractivity contribution in [3.63, 3.8) is 0 Å². The standard InChI is InChI=1S/C14H18N2O5/c1-2-21-12(17)9-16-14(20)15-7-6-10-4-3-5-11(8-10)13(18)19/h3-5,8H,2,6-7,9H2,1H3,(H,18,19)(H2,15,16,20). The third-order valence-electron chi connectivity index (χ3n) is 2.57. The van der Waals surface area contributed by atoms with E-state index in [1.54, 1.807) is 25.1 Å². The molecule has 0 aliphatic rings. The molecule has 0 saturated heterocycles. The zero-order valence-corrected chi connectivity index (χ0v) is 11.7. The number of urea groups is 1. The minimum absolute atomic E-state index is 0.186. The molecule has 0 aliphatic heterocycles. The topological polar surface area (TPSA) is 105 Å². The molecule has 0 bridgehead atoms. The number of carbonyl (C=O) groups excluding carboxylic acids is 2. The van der Waals surface area contributed by atoms with Gasteiger partial charge in [0.15, 0.2) is 0 Å². The molecule has 3 N–H and O–H groups in total. The second kappa shape index (κ2) is 8.57. The number of esters is 1. The molecule has 2 amide bonds. The first kappa shape index (κ1) is 16.5. The molecular formula is C14H18N2O5. The summed E-state index contributed by atoms with van der Waals surface area (Å²) in [6, 6.07) is 6.02. The minimum Gasteiger partial charge on any atom is -0.478 e. The second-order valence-electron chi connectivity index (χ2n) is 4.17. The Kier molecular flexibility index (Phi) is 6.73. The molecule has 1 aromatic carbocycles. The zero-order chi connectivity index (χ0) is 15.7. The highest BCUT2D eigenvalue weighted by atomic mass is 16.5. The third-order valence-corrected chi connectivity index (χ3v) is 2.57. The molecule has 0 saturated carbocycles. The van der Waals surface area contributed by atoms with Crippen LogP contribution in [0, 0.1) is 0 Å². The minimum atomic E-state index is -0.989. The van der Waals surface area contributed by atoms with Gasteiger partial charge in [-0.2, -0.15) is 0 Å². The molecule has 7 nitrogen and oxygen atoms in total. The molecule has 0 fully saturated rings.